The van der Waals surface area contributed by atoms with Gasteiger partial charge in [0.2, 0.25) is 0 Å². The molecule has 2 fully saturated rings. The smallest absolute Gasteiger partial charge is 0.315 e. The summed E-state index contributed by atoms with van der Waals surface area (Å²) in [6.45, 7) is 4.06. The van der Waals surface area contributed by atoms with Gasteiger partial charge in [-0.25, -0.2) is 4.79 Å². The Morgan fingerprint density at radius 3 is 2.61 bits per heavy atom. The van der Waals surface area contributed by atoms with Crippen LogP contribution < -0.4 is 16.0 Å². The summed E-state index contributed by atoms with van der Waals surface area (Å²) < 4.78 is 0. The molecule has 2 rings (SSSR count). The molecule has 2 amide bonds. The molecule has 2 unspecified atom stereocenters. The number of piperidine rings is 1. The molecule has 104 valence electrons. The van der Waals surface area contributed by atoms with Gasteiger partial charge in [-0.2, -0.15) is 0 Å². The predicted octanol–water partition coefficient (Wildman–Crippen LogP) is 2.01. The first-order valence-electron chi connectivity index (χ1n) is 7.52. The number of nitrogens with one attached hydrogen (secondary N) is 3. The van der Waals surface area contributed by atoms with Crippen LogP contribution in [0.15, 0.2) is 0 Å². The van der Waals surface area contributed by atoms with Crippen molar-refractivity contribution in [2.24, 2.45) is 5.92 Å². The summed E-state index contributed by atoms with van der Waals surface area (Å²) in [5.41, 5.74) is 0. The molecule has 4 heteroatoms. The molecule has 4 nitrogen and oxygen atoms in total. The zero-order chi connectivity index (χ0) is 12.8. The molecular formula is C14H27N3O. The zero-order valence-electron chi connectivity index (χ0n) is 11.5. The van der Waals surface area contributed by atoms with Crippen LogP contribution >= 0.6 is 0 Å². The number of amides is 2. The van der Waals surface area contributed by atoms with Crippen LogP contribution in [0.25, 0.3) is 0 Å². The summed E-state index contributed by atoms with van der Waals surface area (Å²) in [7, 11) is 0. The third-order valence-electron chi connectivity index (χ3n) is 4.25. The van der Waals surface area contributed by atoms with E-state index in [0.717, 1.165) is 25.9 Å². The van der Waals surface area contributed by atoms with E-state index in [0.29, 0.717) is 18.0 Å². The van der Waals surface area contributed by atoms with E-state index in [-0.39, 0.29) is 6.03 Å². The van der Waals surface area contributed by atoms with E-state index in [1.54, 1.807) is 0 Å². The Balaban J connectivity index is 1.59. The van der Waals surface area contributed by atoms with Crippen LogP contribution in [-0.4, -0.2) is 31.2 Å². The van der Waals surface area contributed by atoms with Crippen LogP contribution in [0.1, 0.15) is 51.9 Å². The van der Waals surface area contributed by atoms with Crippen LogP contribution in [0.5, 0.6) is 0 Å². The van der Waals surface area contributed by atoms with E-state index in [1.165, 1.54) is 32.1 Å². The summed E-state index contributed by atoms with van der Waals surface area (Å²) in [6, 6.07) is 1.07. The molecule has 0 aromatic heterocycles. The molecule has 1 heterocycles. The van der Waals surface area contributed by atoms with Crippen molar-refractivity contribution in [2.75, 3.05) is 13.1 Å². The Morgan fingerprint density at radius 1 is 1.17 bits per heavy atom. The molecule has 18 heavy (non-hydrogen) atoms. The molecule has 0 spiro atoms. The lowest BCUT2D eigenvalue weighted by Gasteiger charge is -2.28. The Hall–Kier alpha value is -0.770. The van der Waals surface area contributed by atoms with Crippen molar-refractivity contribution in [3.8, 4) is 0 Å². The number of rotatable bonds is 3. The second-order valence-corrected chi connectivity index (χ2v) is 5.94. The van der Waals surface area contributed by atoms with Gasteiger partial charge in [0.1, 0.15) is 0 Å². The zero-order valence-corrected chi connectivity index (χ0v) is 11.5. The van der Waals surface area contributed by atoms with Gasteiger partial charge in [0, 0.05) is 18.6 Å². The fraction of sp³-hybridized carbons (Fsp3) is 0.929. The third-order valence-corrected chi connectivity index (χ3v) is 4.25. The second-order valence-electron chi connectivity index (χ2n) is 5.94. The first-order valence-corrected chi connectivity index (χ1v) is 7.52. The first kappa shape index (κ1) is 13.7. The van der Waals surface area contributed by atoms with Gasteiger partial charge in [-0.3, -0.25) is 0 Å². The SMILES string of the molecule is CC1CCC(CNC(=O)NC2CCCCC2)CN1. The molecule has 2 aliphatic rings. The summed E-state index contributed by atoms with van der Waals surface area (Å²) in [4.78, 5) is 11.8. The van der Waals surface area contributed by atoms with Crippen molar-refractivity contribution >= 4 is 6.03 Å². The topological polar surface area (TPSA) is 53.2 Å². The van der Waals surface area contributed by atoms with Gasteiger partial charge in [-0.15, -0.1) is 0 Å². The molecule has 3 N–H and O–H groups in total. The van der Waals surface area contributed by atoms with Crippen molar-refractivity contribution in [1.29, 1.82) is 0 Å². The van der Waals surface area contributed by atoms with Crippen LogP contribution in [-0.2, 0) is 0 Å². The molecular weight excluding hydrogens is 226 g/mol. The minimum atomic E-state index is 0.0283. The fourth-order valence-corrected chi connectivity index (χ4v) is 2.95. The average molecular weight is 253 g/mol. The van der Waals surface area contributed by atoms with Crippen molar-refractivity contribution in [2.45, 2.75) is 64.0 Å². The predicted molar refractivity (Wildman–Crippen MR) is 73.6 cm³/mol. The highest BCUT2D eigenvalue weighted by Crippen LogP contribution is 2.17. The maximum absolute atomic E-state index is 11.8. The molecule has 2 atom stereocenters. The van der Waals surface area contributed by atoms with Crippen LogP contribution in [0.3, 0.4) is 0 Å². The largest absolute Gasteiger partial charge is 0.338 e. The van der Waals surface area contributed by atoms with Crippen LogP contribution in [0, 0.1) is 5.92 Å². The van der Waals surface area contributed by atoms with Gasteiger partial charge in [0.05, 0.1) is 0 Å². The molecule has 0 radical (unpaired) electrons. The number of carbonyl (C=O) groups excluding carboxylic acids is 1. The van der Waals surface area contributed by atoms with Gasteiger partial charge >= 0.3 is 6.03 Å². The van der Waals surface area contributed by atoms with Crippen molar-refractivity contribution in [1.82, 2.24) is 16.0 Å². The maximum Gasteiger partial charge on any atom is 0.315 e. The van der Waals surface area contributed by atoms with Crippen molar-refractivity contribution < 1.29 is 4.79 Å². The summed E-state index contributed by atoms with van der Waals surface area (Å²) >= 11 is 0. The number of urea groups is 1. The molecule has 0 aromatic rings. The van der Waals surface area contributed by atoms with Gasteiger partial charge in [0.25, 0.3) is 0 Å². The highest BCUT2D eigenvalue weighted by atomic mass is 16.2. The molecule has 0 aromatic carbocycles. The van der Waals surface area contributed by atoms with E-state index in [9.17, 15) is 4.79 Å². The lowest BCUT2D eigenvalue weighted by molar-refractivity contribution is 0.227. The highest BCUT2D eigenvalue weighted by molar-refractivity contribution is 5.74. The number of carbonyl (C=O) groups is 1. The van der Waals surface area contributed by atoms with E-state index < -0.39 is 0 Å². The molecule has 1 aliphatic heterocycles. The quantitative estimate of drug-likeness (QED) is 0.720. The Kier molecular flexibility index (Phi) is 5.29. The van der Waals surface area contributed by atoms with Gasteiger partial charge in [-0.05, 0) is 45.1 Å². The molecule has 1 aliphatic carbocycles. The maximum atomic E-state index is 11.8. The monoisotopic (exact) mass is 253 g/mol. The highest BCUT2D eigenvalue weighted by Gasteiger charge is 2.19. The van der Waals surface area contributed by atoms with Crippen LogP contribution in [0.2, 0.25) is 0 Å². The van der Waals surface area contributed by atoms with Gasteiger partial charge < -0.3 is 16.0 Å². The summed E-state index contributed by atoms with van der Waals surface area (Å²) in [5.74, 6) is 0.596. The fourth-order valence-electron chi connectivity index (χ4n) is 2.95. The van der Waals surface area contributed by atoms with E-state index in [2.05, 4.69) is 22.9 Å². The lowest BCUT2D eigenvalue weighted by Crippen LogP contribution is -2.47. The van der Waals surface area contributed by atoms with E-state index in [4.69, 9.17) is 0 Å². The second kappa shape index (κ2) is 6.98. The summed E-state index contributed by atoms with van der Waals surface area (Å²) in [5, 5.41) is 9.59. The normalized spacial score (nSPS) is 29.8. The number of hydrogen-bond donors (Lipinski definition) is 3. The van der Waals surface area contributed by atoms with E-state index in [1.807, 2.05) is 0 Å². The Labute approximate surface area is 110 Å². The average Bonchev–Trinajstić information content (AvgIpc) is 2.39. The Bertz CT molecular complexity index is 256. The number of hydrogen-bond acceptors (Lipinski definition) is 2. The molecule has 1 saturated heterocycles. The minimum Gasteiger partial charge on any atom is -0.338 e. The first-order chi connectivity index (χ1) is 8.74. The Morgan fingerprint density at radius 2 is 1.94 bits per heavy atom. The summed E-state index contributed by atoms with van der Waals surface area (Å²) in [6.07, 6.45) is 8.58. The van der Waals surface area contributed by atoms with E-state index >= 15 is 0 Å². The van der Waals surface area contributed by atoms with Crippen LogP contribution in [0.4, 0.5) is 4.79 Å². The standard InChI is InChI=1S/C14H27N3O/c1-11-7-8-12(9-15-11)10-16-14(18)17-13-5-3-2-4-6-13/h11-13,15H,2-10H2,1H3,(H2,16,17,18). The van der Waals surface area contributed by atoms with Gasteiger partial charge in [0.15, 0.2) is 0 Å². The third kappa shape index (κ3) is 4.48. The van der Waals surface area contributed by atoms with Crippen molar-refractivity contribution in [3.05, 3.63) is 0 Å². The lowest BCUT2D eigenvalue weighted by atomic mass is 9.95. The molecule has 0 bridgehead atoms. The van der Waals surface area contributed by atoms with Gasteiger partial charge in [-0.1, -0.05) is 19.3 Å². The van der Waals surface area contributed by atoms with Crippen molar-refractivity contribution in [3.63, 3.8) is 0 Å². The minimum absolute atomic E-state index is 0.0283. The molecule has 1 saturated carbocycles.